The predicted octanol–water partition coefficient (Wildman–Crippen LogP) is 1.41. The first-order valence-electron chi connectivity index (χ1n) is 5.85. The van der Waals surface area contributed by atoms with Gasteiger partial charge in [0.15, 0.2) is 0 Å². The van der Waals surface area contributed by atoms with Crippen molar-refractivity contribution in [1.29, 1.82) is 0 Å². The third-order valence-corrected chi connectivity index (χ3v) is 3.45. The molecule has 2 atom stereocenters. The molecule has 2 rings (SSSR count). The van der Waals surface area contributed by atoms with E-state index in [0.29, 0.717) is 0 Å². The number of methoxy groups -OCH3 is 2. The average Bonchev–Trinajstić information content (AvgIpc) is 2.68. The van der Waals surface area contributed by atoms with Gasteiger partial charge >= 0.3 is 0 Å². The van der Waals surface area contributed by atoms with Crippen molar-refractivity contribution in [2.24, 2.45) is 5.73 Å². The first-order valence-corrected chi connectivity index (χ1v) is 5.85. The maximum atomic E-state index is 6.18. The molecule has 2 unspecified atom stereocenters. The standard InChI is InChI=1S/C13H20N2O2/c1-15-7-6-11(14)13(15)10-8-9(16-2)4-5-12(10)17-3/h4-5,8,11,13H,6-7,14H2,1-3H3. The van der Waals surface area contributed by atoms with Gasteiger partial charge in [-0.2, -0.15) is 0 Å². The highest BCUT2D eigenvalue weighted by atomic mass is 16.5. The van der Waals surface area contributed by atoms with Crippen molar-refractivity contribution in [2.75, 3.05) is 27.8 Å². The van der Waals surface area contributed by atoms with E-state index < -0.39 is 0 Å². The lowest BCUT2D eigenvalue weighted by molar-refractivity contribution is 0.292. The van der Waals surface area contributed by atoms with Gasteiger partial charge in [-0.25, -0.2) is 0 Å². The molecule has 2 N–H and O–H groups in total. The Hall–Kier alpha value is -1.26. The van der Waals surface area contributed by atoms with Crippen molar-refractivity contribution in [3.05, 3.63) is 23.8 Å². The highest BCUT2D eigenvalue weighted by molar-refractivity contribution is 5.43. The van der Waals surface area contributed by atoms with E-state index in [9.17, 15) is 0 Å². The van der Waals surface area contributed by atoms with E-state index in [4.69, 9.17) is 15.2 Å². The monoisotopic (exact) mass is 236 g/mol. The molecule has 1 aromatic rings. The number of likely N-dealkylation sites (N-methyl/N-ethyl adjacent to an activating group) is 1. The van der Waals surface area contributed by atoms with Gasteiger partial charge in [-0.3, -0.25) is 4.90 Å². The number of rotatable bonds is 3. The summed E-state index contributed by atoms with van der Waals surface area (Å²) in [5.41, 5.74) is 7.29. The minimum Gasteiger partial charge on any atom is -0.497 e. The van der Waals surface area contributed by atoms with Crippen LogP contribution >= 0.6 is 0 Å². The van der Waals surface area contributed by atoms with Crippen LogP contribution < -0.4 is 15.2 Å². The Kier molecular flexibility index (Phi) is 3.54. The highest BCUT2D eigenvalue weighted by Gasteiger charge is 2.32. The summed E-state index contributed by atoms with van der Waals surface area (Å²) in [4.78, 5) is 2.27. The van der Waals surface area contributed by atoms with Gasteiger partial charge in [-0.1, -0.05) is 0 Å². The van der Waals surface area contributed by atoms with E-state index in [1.165, 1.54) is 0 Å². The van der Waals surface area contributed by atoms with Crippen molar-refractivity contribution in [2.45, 2.75) is 18.5 Å². The zero-order valence-corrected chi connectivity index (χ0v) is 10.6. The molecule has 1 aliphatic heterocycles. The molecule has 17 heavy (non-hydrogen) atoms. The molecule has 4 heteroatoms. The van der Waals surface area contributed by atoms with Crippen LogP contribution in [0.25, 0.3) is 0 Å². The smallest absolute Gasteiger partial charge is 0.123 e. The molecule has 0 radical (unpaired) electrons. The van der Waals surface area contributed by atoms with Gasteiger partial charge in [0.05, 0.1) is 20.3 Å². The topological polar surface area (TPSA) is 47.7 Å². The van der Waals surface area contributed by atoms with E-state index in [2.05, 4.69) is 11.9 Å². The van der Waals surface area contributed by atoms with E-state index >= 15 is 0 Å². The first-order chi connectivity index (χ1) is 8.17. The fourth-order valence-corrected chi connectivity index (χ4v) is 2.52. The molecule has 1 saturated heterocycles. The third-order valence-electron chi connectivity index (χ3n) is 3.45. The number of hydrogen-bond acceptors (Lipinski definition) is 4. The summed E-state index contributed by atoms with van der Waals surface area (Å²) in [5, 5.41) is 0. The molecule has 0 spiro atoms. The summed E-state index contributed by atoms with van der Waals surface area (Å²) >= 11 is 0. The molecule has 0 amide bonds. The Morgan fingerprint density at radius 2 is 2.06 bits per heavy atom. The second-order valence-electron chi connectivity index (χ2n) is 4.49. The maximum absolute atomic E-state index is 6.18. The summed E-state index contributed by atoms with van der Waals surface area (Å²) < 4.78 is 10.7. The average molecular weight is 236 g/mol. The molecule has 1 fully saturated rings. The van der Waals surface area contributed by atoms with Gasteiger partial charge in [-0.15, -0.1) is 0 Å². The van der Waals surface area contributed by atoms with Crippen LogP contribution in [0.4, 0.5) is 0 Å². The Morgan fingerprint density at radius 3 is 2.59 bits per heavy atom. The van der Waals surface area contributed by atoms with Crippen LogP contribution in [0.3, 0.4) is 0 Å². The largest absolute Gasteiger partial charge is 0.497 e. The SMILES string of the molecule is COc1ccc(OC)c(C2C(N)CCN2C)c1. The molecule has 0 aliphatic carbocycles. The molecule has 94 valence electrons. The summed E-state index contributed by atoms with van der Waals surface area (Å²) in [6, 6.07) is 6.22. The van der Waals surface area contributed by atoms with Crippen LogP contribution in [-0.2, 0) is 0 Å². The van der Waals surface area contributed by atoms with Gasteiger partial charge in [0.1, 0.15) is 11.5 Å². The lowest BCUT2D eigenvalue weighted by atomic mass is 9.99. The number of likely N-dealkylation sites (tertiary alicyclic amines) is 1. The lowest BCUT2D eigenvalue weighted by Gasteiger charge is -2.25. The van der Waals surface area contributed by atoms with Gasteiger partial charge in [0.2, 0.25) is 0 Å². The fraction of sp³-hybridized carbons (Fsp3) is 0.538. The van der Waals surface area contributed by atoms with E-state index in [1.807, 2.05) is 18.2 Å². The molecule has 4 nitrogen and oxygen atoms in total. The molecule has 0 aromatic heterocycles. The zero-order chi connectivity index (χ0) is 12.4. The fourth-order valence-electron chi connectivity index (χ4n) is 2.52. The number of hydrogen-bond donors (Lipinski definition) is 1. The van der Waals surface area contributed by atoms with Gasteiger partial charge < -0.3 is 15.2 Å². The molecule has 1 aromatic carbocycles. The van der Waals surface area contributed by atoms with Crippen LogP contribution in [0.1, 0.15) is 18.0 Å². The third kappa shape index (κ3) is 2.23. The van der Waals surface area contributed by atoms with Gasteiger partial charge in [0.25, 0.3) is 0 Å². The van der Waals surface area contributed by atoms with Crippen LogP contribution in [0, 0.1) is 0 Å². The summed E-state index contributed by atoms with van der Waals surface area (Å²) in [7, 11) is 5.45. The van der Waals surface area contributed by atoms with Crippen LogP contribution in [0.15, 0.2) is 18.2 Å². The van der Waals surface area contributed by atoms with E-state index in [-0.39, 0.29) is 12.1 Å². The van der Waals surface area contributed by atoms with Crippen molar-refractivity contribution in [1.82, 2.24) is 4.90 Å². The highest BCUT2D eigenvalue weighted by Crippen LogP contribution is 2.37. The zero-order valence-electron chi connectivity index (χ0n) is 10.6. The summed E-state index contributed by atoms with van der Waals surface area (Å²) in [5.74, 6) is 1.72. The summed E-state index contributed by atoms with van der Waals surface area (Å²) in [6.07, 6.45) is 1.02. The van der Waals surface area contributed by atoms with Gasteiger partial charge in [-0.05, 0) is 31.7 Å². The first kappa shape index (κ1) is 12.2. The molecule has 1 heterocycles. The van der Waals surface area contributed by atoms with Crippen LogP contribution in [-0.4, -0.2) is 38.8 Å². The number of nitrogens with zero attached hydrogens (tertiary/aromatic N) is 1. The second kappa shape index (κ2) is 4.94. The minimum absolute atomic E-state index is 0.154. The molecule has 1 aliphatic rings. The van der Waals surface area contributed by atoms with Crippen molar-refractivity contribution < 1.29 is 9.47 Å². The van der Waals surface area contributed by atoms with Gasteiger partial charge in [0, 0.05) is 18.2 Å². The molecule has 0 saturated carbocycles. The summed E-state index contributed by atoms with van der Waals surface area (Å²) in [6.45, 7) is 1.02. The quantitative estimate of drug-likeness (QED) is 0.862. The Morgan fingerprint density at radius 1 is 1.29 bits per heavy atom. The Bertz CT molecular complexity index is 385. The molecular weight excluding hydrogens is 216 g/mol. The maximum Gasteiger partial charge on any atom is 0.123 e. The number of benzene rings is 1. The Labute approximate surface area is 102 Å². The van der Waals surface area contributed by atoms with E-state index in [1.54, 1.807) is 14.2 Å². The number of nitrogens with two attached hydrogens (primary N) is 1. The minimum atomic E-state index is 0.154. The van der Waals surface area contributed by atoms with Crippen molar-refractivity contribution in [3.63, 3.8) is 0 Å². The second-order valence-corrected chi connectivity index (χ2v) is 4.49. The van der Waals surface area contributed by atoms with E-state index in [0.717, 1.165) is 30.0 Å². The molecule has 0 bridgehead atoms. The number of ether oxygens (including phenoxy) is 2. The van der Waals surface area contributed by atoms with Crippen molar-refractivity contribution >= 4 is 0 Å². The van der Waals surface area contributed by atoms with Crippen LogP contribution in [0.2, 0.25) is 0 Å². The lowest BCUT2D eigenvalue weighted by Crippen LogP contribution is -2.29. The Balaban J connectivity index is 2.41. The van der Waals surface area contributed by atoms with Crippen molar-refractivity contribution in [3.8, 4) is 11.5 Å². The normalized spacial score (nSPS) is 24.9. The predicted molar refractivity (Wildman–Crippen MR) is 67.5 cm³/mol. The van der Waals surface area contributed by atoms with Crippen LogP contribution in [0.5, 0.6) is 11.5 Å². The molecular formula is C13H20N2O2.